The van der Waals surface area contributed by atoms with Gasteiger partial charge in [-0.1, -0.05) is 54.6 Å². The Morgan fingerprint density at radius 1 is 1.00 bits per heavy atom. The lowest BCUT2D eigenvalue weighted by Gasteiger charge is -2.30. The summed E-state index contributed by atoms with van der Waals surface area (Å²) in [6.45, 7) is 2.48. The van der Waals surface area contributed by atoms with Crippen molar-refractivity contribution in [3.63, 3.8) is 0 Å². The standard InChI is InChI=1S/C25H27NO4S/c1-31(28,29)25-12-5-4-11-24(25)20-9-6-10-23(15-20)30-18-22(27)17-26-14-13-19-7-2-3-8-21(19)16-26/h2-12,15,22,27H,13-14,16-18H2,1H3. The van der Waals surface area contributed by atoms with Gasteiger partial charge in [0.05, 0.1) is 4.90 Å². The molecule has 1 N–H and O–H groups in total. The highest BCUT2D eigenvalue weighted by Crippen LogP contribution is 2.29. The fourth-order valence-electron chi connectivity index (χ4n) is 4.04. The number of ether oxygens (including phenoxy) is 1. The number of hydrogen-bond acceptors (Lipinski definition) is 5. The van der Waals surface area contributed by atoms with E-state index >= 15 is 0 Å². The van der Waals surface area contributed by atoms with Crippen LogP contribution >= 0.6 is 0 Å². The van der Waals surface area contributed by atoms with E-state index in [-0.39, 0.29) is 11.5 Å². The number of sulfone groups is 1. The van der Waals surface area contributed by atoms with Crippen molar-refractivity contribution in [1.29, 1.82) is 0 Å². The van der Waals surface area contributed by atoms with Gasteiger partial charge < -0.3 is 9.84 Å². The number of rotatable bonds is 7. The molecule has 6 heteroatoms. The summed E-state index contributed by atoms with van der Waals surface area (Å²) in [6, 6.07) is 22.7. The van der Waals surface area contributed by atoms with Crippen LogP contribution in [0.3, 0.4) is 0 Å². The van der Waals surface area contributed by atoms with E-state index in [1.165, 1.54) is 17.4 Å². The van der Waals surface area contributed by atoms with Gasteiger partial charge in [-0.15, -0.1) is 0 Å². The predicted molar refractivity (Wildman–Crippen MR) is 122 cm³/mol. The summed E-state index contributed by atoms with van der Waals surface area (Å²) < 4.78 is 30.1. The van der Waals surface area contributed by atoms with Gasteiger partial charge in [0.2, 0.25) is 0 Å². The van der Waals surface area contributed by atoms with E-state index in [9.17, 15) is 13.5 Å². The van der Waals surface area contributed by atoms with E-state index in [0.29, 0.717) is 17.9 Å². The van der Waals surface area contributed by atoms with Gasteiger partial charge in [0.1, 0.15) is 18.5 Å². The second kappa shape index (κ2) is 9.22. The smallest absolute Gasteiger partial charge is 0.176 e. The van der Waals surface area contributed by atoms with Gasteiger partial charge >= 0.3 is 0 Å². The van der Waals surface area contributed by atoms with Crippen molar-refractivity contribution in [2.45, 2.75) is 24.0 Å². The molecule has 31 heavy (non-hydrogen) atoms. The molecule has 0 radical (unpaired) electrons. The Kier molecular flexibility index (Phi) is 6.41. The monoisotopic (exact) mass is 437 g/mol. The topological polar surface area (TPSA) is 66.8 Å². The molecular formula is C25H27NO4S. The van der Waals surface area contributed by atoms with Gasteiger partial charge in [-0.05, 0) is 41.3 Å². The van der Waals surface area contributed by atoms with Crippen molar-refractivity contribution in [3.8, 4) is 16.9 Å². The Bertz CT molecular complexity index is 1160. The predicted octanol–water partition coefficient (Wildman–Crippen LogP) is 3.56. The minimum atomic E-state index is -3.34. The lowest BCUT2D eigenvalue weighted by molar-refractivity contribution is 0.0638. The van der Waals surface area contributed by atoms with Crippen LogP contribution in [0, 0.1) is 0 Å². The Hall–Kier alpha value is -2.67. The molecule has 1 heterocycles. The molecule has 0 saturated heterocycles. The summed E-state index contributed by atoms with van der Waals surface area (Å²) in [4.78, 5) is 2.53. The molecule has 0 aliphatic carbocycles. The van der Waals surface area contributed by atoms with Crippen LogP contribution in [0.15, 0.2) is 77.7 Å². The zero-order valence-corrected chi connectivity index (χ0v) is 18.4. The van der Waals surface area contributed by atoms with Crippen LogP contribution in [0.4, 0.5) is 0 Å². The molecule has 0 amide bonds. The third-order valence-electron chi connectivity index (χ3n) is 5.55. The number of aliphatic hydroxyl groups excluding tert-OH is 1. The largest absolute Gasteiger partial charge is 0.491 e. The maximum absolute atomic E-state index is 12.1. The number of benzene rings is 3. The van der Waals surface area contributed by atoms with Crippen molar-refractivity contribution in [2.24, 2.45) is 0 Å². The molecular weight excluding hydrogens is 410 g/mol. The van der Waals surface area contributed by atoms with Crippen LogP contribution in [0.5, 0.6) is 5.75 Å². The number of β-amino-alcohol motifs (C(OH)–C–C–N with tert-alkyl or cyclic N) is 1. The molecule has 0 saturated carbocycles. The molecule has 1 aliphatic heterocycles. The molecule has 0 spiro atoms. The van der Waals surface area contributed by atoms with E-state index < -0.39 is 15.9 Å². The summed E-state index contributed by atoms with van der Waals surface area (Å²) in [5.74, 6) is 0.601. The van der Waals surface area contributed by atoms with Gasteiger partial charge in [0.25, 0.3) is 0 Å². The van der Waals surface area contributed by atoms with E-state index in [0.717, 1.165) is 25.1 Å². The first-order valence-corrected chi connectivity index (χ1v) is 12.3. The zero-order valence-electron chi connectivity index (χ0n) is 17.6. The van der Waals surface area contributed by atoms with Crippen LogP contribution in [0.1, 0.15) is 11.1 Å². The molecule has 3 aromatic rings. The molecule has 1 aliphatic rings. The Labute approximate surface area is 183 Å². The van der Waals surface area contributed by atoms with E-state index in [4.69, 9.17) is 4.74 Å². The van der Waals surface area contributed by atoms with Crippen LogP contribution < -0.4 is 4.74 Å². The van der Waals surface area contributed by atoms with E-state index in [1.807, 2.05) is 30.3 Å². The Morgan fingerprint density at radius 2 is 1.74 bits per heavy atom. The minimum Gasteiger partial charge on any atom is -0.491 e. The average molecular weight is 438 g/mol. The first kappa shape index (κ1) is 21.6. The summed E-state index contributed by atoms with van der Waals surface area (Å²) in [6.07, 6.45) is 1.59. The summed E-state index contributed by atoms with van der Waals surface area (Å²) >= 11 is 0. The van der Waals surface area contributed by atoms with Gasteiger partial charge in [-0.2, -0.15) is 0 Å². The maximum Gasteiger partial charge on any atom is 0.176 e. The Morgan fingerprint density at radius 3 is 2.55 bits per heavy atom. The third kappa shape index (κ3) is 5.34. The fourth-order valence-corrected chi connectivity index (χ4v) is 4.95. The quantitative estimate of drug-likeness (QED) is 0.612. The SMILES string of the molecule is CS(=O)(=O)c1ccccc1-c1cccc(OCC(O)CN2CCc3ccccc3C2)c1. The number of aliphatic hydroxyl groups is 1. The van der Waals surface area contributed by atoms with Gasteiger partial charge in [0, 0.05) is 31.5 Å². The molecule has 5 nitrogen and oxygen atoms in total. The van der Waals surface area contributed by atoms with Crippen molar-refractivity contribution in [3.05, 3.63) is 83.9 Å². The molecule has 0 fully saturated rings. The highest BCUT2D eigenvalue weighted by Gasteiger charge is 2.19. The van der Waals surface area contributed by atoms with Crippen molar-refractivity contribution in [1.82, 2.24) is 4.90 Å². The minimum absolute atomic E-state index is 0.176. The molecule has 0 aromatic heterocycles. The first-order valence-electron chi connectivity index (χ1n) is 10.4. The zero-order chi connectivity index (χ0) is 21.8. The molecule has 0 bridgehead atoms. The van der Waals surface area contributed by atoms with Crippen LogP contribution in [0.25, 0.3) is 11.1 Å². The van der Waals surface area contributed by atoms with Crippen LogP contribution in [-0.2, 0) is 22.8 Å². The molecule has 162 valence electrons. The van der Waals surface area contributed by atoms with Crippen LogP contribution in [-0.4, -0.2) is 50.5 Å². The second-order valence-corrected chi connectivity index (χ2v) is 10.00. The van der Waals surface area contributed by atoms with Crippen molar-refractivity contribution < 1.29 is 18.3 Å². The van der Waals surface area contributed by atoms with Crippen molar-refractivity contribution in [2.75, 3.05) is 26.0 Å². The highest BCUT2D eigenvalue weighted by molar-refractivity contribution is 7.90. The lowest BCUT2D eigenvalue weighted by Crippen LogP contribution is -2.38. The van der Waals surface area contributed by atoms with Gasteiger partial charge in [0.15, 0.2) is 9.84 Å². The van der Waals surface area contributed by atoms with E-state index in [2.05, 4.69) is 29.2 Å². The maximum atomic E-state index is 12.1. The van der Waals surface area contributed by atoms with Crippen LogP contribution in [0.2, 0.25) is 0 Å². The lowest BCUT2D eigenvalue weighted by atomic mass is 10.00. The molecule has 1 atom stereocenters. The summed E-state index contributed by atoms with van der Waals surface area (Å²) in [5, 5.41) is 10.5. The van der Waals surface area contributed by atoms with Crippen molar-refractivity contribution >= 4 is 9.84 Å². The number of hydrogen-bond donors (Lipinski definition) is 1. The number of fused-ring (bicyclic) bond motifs is 1. The second-order valence-electron chi connectivity index (χ2n) is 8.01. The third-order valence-corrected chi connectivity index (χ3v) is 6.71. The molecule has 1 unspecified atom stereocenters. The number of nitrogens with zero attached hydrogens (tertiary/aromatic N) is 1. The highest BCUT2D eigenvalue weighted by atomic mass is 32.2. The fraction of sp³-hybridized carbons (Fsp3) is 0.280. The molecule has 4 rings (SSSR count). The van der Waals surface area contributed by atoms with Gasteiger partial charge in [-0.25, -0.2) is 8.42 Å². The normalized spacial score (nSPS) is 15.3. The van der Waals surface area contributed by atoms with E-state index in [1.54, 1.807) is 18.2 Å². The molecule has 3 aromatic carbocycles. The first-order chi connectivity index (χ1) is 14.9. The summed E-state index contributed by atoms with van der Waals surface area (Å²) in [7, 11) is -3.34. The summed E-state index contributed by atoms with van der Waals surface area (Å²) in [5.41, 5.74) is 4.11. The average Bonchev–Trinajstić information content (AvgIpc) is 2.77. The van der Waals surface area contributed by atoms with Gasteiger partial charge in [-0.3, -0.25) is 4.90 Å². The Balaban J connectivity index is 1.39.